The van der Waals surface area contributed by atoms with Crippen LogP contribution in [0.25, 0.3) is 10.6 Å². The fourth-order valence-electron chi connectivity index (χ4n) is 2.58. The number of aryl methyl sites for hydroxylation is 2. The molecule has 3 rings (SSSR count). The summed E-state index contributed by atoms with van der Waals surface area (Å²) >= 11 is 1.18. The van der Waals surface area contributed by atoms with Crippen molar-refractivity contribution < 1.29 is 14.6 Å². The van der Waals surface area contributed by atoms with Crippen molar-refractivity contribution in [2.75, 3.05) is 6.61 Å². The number of para-hydroxylation sites is 1. The minimum Gasteiger partial charge on any atom is -0.493 e. The zero-order chi connectivity index (χ0) is 17.6. The number of hydrogen-bond donors (Lipinski definition) is 1. The molecule has 3 aromatic rings. The lowest BCUT2D eigenvalue weighted by molar-refractivity contribution is 0.0701. The van der Waals surface area contributed by atoms with Crippen LogP contribution in [0.5, 0.6) is 5.75 Å². The molecule has 0 unspecified atom stereocenters. The van der Waals surface area contributed by atoms with Gasteiger partial charge in [0.2, 0.25) is 0 Å². The number of carbonyl (C=O) groups is 1. The van der Waals surface area contributed by atoms with Crippen molar-refractivity contribution in [2.45, 2.75) is 19.8 Å². The summed E-state index contributed by atoms with van der Waals surface area (Å²) in [5, 5.41) is 9.89. The van der Waals surface area contributed by atoms with Crippen LogP contribution in [0.2, 0.25) is 0 Å². The fraction of sp³-hybridized carbons (Fsp3) is 0.200. The number of carboxylic acid groups (broad SMARTS) is 1. The molecule has 0 atom stereocenters. The Morgan fingerprint density at radius 1 is 1.12 bits per heavy atom. The maximum Gasteiger partial charge on any atom is 0.347 e. The van der Waals surface area contributed by atoms with Gasteiger partial charge in [-0.1, -0.05) is 42.5 Å². The van der Waals surface area contributed by atoms with E-state index in [-0.39, 0.29) is 4.88 Å². The zero-order valence-corrected chi connectivity index (χ0v) is 14.8. The first-order valence-electron chi connectivity index (χ1n) is 8.12. The van der Waals surface area contributed by atoms with E-state index in [4.69, 9.17) is 4.74 Å². The third-order valence-electron chi connectivity index (χ3n) is 3.82. The molecule has 0 saturated heterocycles. The molecular formula is C20H19NO3S. The molecule has 0 aliphatic rings. The summed E-state index contributed by atoms with van der Waals surface area (Å²) in [5.74, 6) is -0.205. The van der Waals surface area contributed by atoms with Crippen molar-refractivity contribution >= 4 is 17.3 Å². The normalized spacial score (nSPS) is 10.6. The highest BCUT2D eigenvalue weighted by atomic mass is 32.1. The average Bonchev–Trinajstić information content (AvgIpc) is 3.02. The van der Waals surface area contributed by atoms with Gasteiger partial charge in [-0.25, -0.2) is 9.78 Å². The highest BCUT2D eigenvalue weighted by Crippen LogP contribution is 2.34. The van der Waals surface area contributed by atoms with E-state index in [1.807, 2.05) is 42.5 Å². The summed E-state index contributed by atoms with van der Waals surface area (Å²) < 4.78 is 5.94. The van der Waals surface area contributed by atoms with Crippen LogP contribution in [0.15, 0.2) is 54.6 Å². The van der Waals surface area contributed by atoms with Crippen molar-refractivity contribution in [1.29, 1.82) is 0 Å². The van der Waals surface area contributed by atoms with Crippen molar-refractivity contribution in [3.05, 3.63) is 70.7 Å². The number of hydrogen-bond acceptors (Lipinski definition) is 4. The molecule has 0 aliphatic carbocycles. The molecule has 2 aromatic carbocycles. The van der Waals surface area contributed by atoms with E-state index in [1.165, 1.54) is 16.9 Å². The van der Waals surface area contributed by atoms with Gasteiger partial charge < -0.3 is 9.84 Å². The standard InChI is InChI=1S/C20H19NO3S/c1-14-18(20(22)23)25-19(21-14)16-11-5-6-12-17(16)24-13-7-10-15-8-3-2-4-9-15/h2-6,8-9,11-12H,7,10,13H2,1H3,(H,22,23). The molecule has 5 heteroatoms. The van der Waals surface area contributed by atoms with Crippen LogP contribution in [0.3, 0.4) is 0 Å². The van der Waals surface area contributed by atoms with E-state index in [0.29, 0.717) is 17.3 Å². The van der Waals surface area contributed by atoms with Gasteiger partial charge in [0.25, 0.3) is 0 Å². The molecule has 1 heterocycles. The van der Waals surface area contributed by atoms with E-state index in [1.54, 1.807) is 6.92 Å². The lowest BCUT2D eigenvalue weighted by atomic mass is 10.1. The van der Waals surface area contributed by atoms with Crippen molar-refractivity contribution in [3.8, 4) is 16.3 Å². The van der Waals surface area contributed by atoms with Gasteiger partial charge in [-0.2, -0.15) is 0 Å². The van der Waals surface area contributed by atoms with Crippen LogP contribution in [0.1, 0.15) is 27.3 Å². The molecule has 1 N–H and O–H groups in total. The van der Waals surface area contributed by atoms with Crippen molar-refractivity contribution in [3.63, 3.8) is 0 Å². The lowest BCUT2D eigenvalue weighted by Gasteiger charge is -2.10. The largest absolute Gasteiger partial charge is 0.493 e. The van der Waals surface area contributed by atoms with Crippen LogP contribution >= 0.6 is 11.3 Å². The van der Waals surface area contributed by atoms with Crippen molar-refractivity contribution in [2.24, 2.45) is 0 Å². The number of aromatic nitrogens is 1. The van der Waals surface area contributed by atoms with Crippen LogP contribution in [-0.2, 0) is 6.42 Å². The topological polar surface area (TPSA) is 59.4 Å². The van der Waals surface area contributed by atoms with Gasteiger partial charge in [-0.3, -0.25) is 0 Å². The molecule has 1 aromatic heterocycles. The third-order valence-corrected chi connectivity index (χ3v) is 5.00. The molecule has 4 nitrogen and oxygen atoms in total. The van der Waals surface area contributed by atoms with Gasteiger partial charge in [0.1, 0.15) is 15.6 Å². The van der Waals surface area contributed by atoms with Gasteiger partial charge >= 0.3 is 5.97 Å². The zero-order valence-electron chi connectivity index (χ0n) is 13.9. The van der Waals surface area contributed by atoms with Crippen LogP contribution < -0.4 is 4.74 Å². The van der Waals surface area contributed by atoms with E-state index in [0.717, 1.165) is 24.2 Å². The van der Waals surface area contributed by atoms with Gasteiger partial charge in [0.15, 0.2) is 0 Å². The molecular weight excluding hydrogens is 334 g/mol. The number of nitrogens with zero attached hydrogens (tertiary/aromatic N) is 1. The molecule has 0 aliphatic heterocycles. The summed E-state index contributed by atoms with van der Waals surface area (Å²) in [6, 6.07) is 17.9. The van der Waals surface area contributed by atoms with Crippen LogP contribution in [0.4, 0.5) is 0 Å². The summed E-state index contributed by atoms with van der Waals surface area (Å²) in [6.07, 6.45) is 1.87. The first-order chi connectivity index (χ1) is 12.1. The number of rotatable bonds is 7. The van der Waals surface area contributed by atoms with Crippen molar-refractivity contribution in [1.82, 2.24) is 4.98 Å². The molecule has 0 fully saturated rings. The van der Waals surface area contributed by atoms with E-state index in [2.05, 4.69) is 17.1 Å². The number of carboxylic acids is 1. The Bertz CT molecular complexity index is 858. The van der Waals surface area contributed by atoms with Gasteiger partial charge in [0, 0.05) is 0 Å². The average molecular weight is 353 g/mol. The molecule has 0 radical (unpaired) electrons. The number of thiazole rings is 1. The minimum absolute atomic E-state index is 0.272. The maximum atomic E-state index is 11.2. The minimum atomic E-state index is -0.942. The predicted octanol–water partition coefficient (Wildman–Crippen LogP) is 4.83. The Balaban J connectivity index is 1.69. The maximum absolute atomic E-state index is 11.2. The Hall–Kier alpha value is -2.66. The van der Waals surface area contributed by atoms with E-state index < -0.39 is 5.97 Å². The monoisotopic (exact) mass is 353 g/mol. The Morgan fingerprint density at radius 3 is 2.56 bits per heavy atom. The summed E-state index contributed by atoms with van der Waals surface area (Å²) in [7, 11) is 0. The van der Waals surface area contributed by atoms with Gasteiger partial charge in [0.05, 0.1) is 17.9 Å². The fourth-order valence-corrected chi connectivity index (χ4v) is 3.52. The highest BCUT2D eigenvalue weighted by molar-refractivity contribution is 7.17. The number of ether oxygens (including phenoxy) is 1. The molecule has 0 saturated carbocycles. The lowest BCUT2D eigenvalue weighted by Crippen LogP contribution is -2.00. The Morgan fingerprint density at radius 2 is 1.84 bits per heavy atom. The smallest absolute Gasteiger partial charge is 0.347 e. The molecule has 0 amide bonds. The Kier molecular flexibility index (Phi) is 5.46. The van der Waals surface area contributed by atoms with E-state index >= 15 is 0 Å². The second kappa shape index (κ2) is 7.94. The first kappa shape index (κ1) is 17.2. The first-order valence-corrected chi connectivity index (χ1v) is 8.93. The second-order valence-electron chi connectivity index (χ2n) is 5.67. The Labute approximate surface area is 150 Å². The highest BCUT2D eigenvalue weighted by Gasteiger charge is 2.17. The molecule has 0 bridgehead atoms. The van der Waals surface area contributed by atoms with Crippen LogP contribution in [-0.4, -0.2) is 22.7 Å². The van der Waals surface area contributed by atoms with Gasteiger partial charge in [-0.15, -0.1) is 11.3 Å². The van der Waals surface area contributed by atoms with Crippen LogP contribution in [0, 0.1) is 6.92 Å². The molecule has 128 valence electrons. The number of benzene rings is 2. The molecule has 0 spiro atoms. The van der Waals surface area contributed by atoms with Gasteiger partial charge in [-0.05, 0) is 37.5 Å². The van der Waals surface area contributed by atoms with E-state index in [9.17, 15) is 9.90 Å². The SMILES string of the molecule is Cc1nc(-c2ccccc2OCCCc2ccccc2)sc1C(=O)O. The predicted molar refractivity (Wildman–Crippen MR) is 99.5 cm³/mol. The second-order valence-corrected chi connectivity index (χ2v) is 6.67. The summed E-state index contributed by atoms with van der Waals surface area (Å²) in [5.41, 5.74) is 2.66. The quantitative estimate of drug-likeness (QED) is 0.618. The number of aromatic carboxylic acids is 1. The molecule has 25 heavy (non-hydrogen) atoms. The third kappa shape index (κ3) is 4.25. The summed E-state index contributed by atoms with van der Waals surface area (Å²) in [6.45, 7) is 2.31. The summed E-state index contributed by atoms with van der Waals surface area (Å²) in [4.78, 5) is 15.9.